The van der Waals surface area contributed by atoms with Crippen LogP contribution >= 0.6 is 24.8 Å². The van der Waals surface area contributed by atoms with Crippen molar-refractivity contribution < 1.29 is 4.79 Å². The van der Waals surface area contributed by atoms with Gasteiger partial charge in [-0.15, -0.1) is 24.8 Å². The Morgan fingerprint density at radius 3 is 2.78 bits per heavy atom. The SMILES string of the molecule is Cl.Cl.NCC1CCCCN1C(=O)c1cnccn1. The Hall–Kier alpha value is -0.910. The fourth-order valence-corrected chi connectivity index (χ4v) is 2.07. The molecule has 1 aliphatic heterocycles. The van der Waals surface area contributed by atoms with E-state index < -0.39 is 0 Å². The number of aromatic nitrogens is 2. The lowest BCUT2D eigenvalue weighted by atomic mass is 10.0. The summed E-state index contributed by atoms with van der Waals surface area (Å²) in [5.41, 5.74) is 6.09. The van der Waals surface area contributed by atoms with Gasteiger partial charge in [-0.05, 0) is 19.3 Å². The first-order valence-corrected chi connectivity index (χ1v) is 5.60. The van der Waals surface area contributed by atoms with Gasteiger partial charge in [0.1, 0.15) is 5.69 Å². The molecule has 1 aromatic heterocycles. The summed E-state index contributed by atoms with van der Waals surface area (Å²) < 4.78 is 0. The number of likely N-dealkylation sites (tertiary alicyclic amines) is 1. The fourth-order valence-electron chi connectivity index (χ4n) is 2.07. The van der Waals surface area contributed by atoms with Crippen LogP contribution in [-0.4, -0.2) is 39.9 Å². The van der Waals surface area contributed by atoms with Crippen LogP contribution in [-0.2, 0) is 0 Å². The second-order valence-electron chi connectivity index (χ2n) is 3.97. The monoisotopic (exact) mass is 292 g/mol. The summed E-state index contributed by atoms with van der Waals surface area (Å²) in [6, 6.07) is 0.156. The maximum atomic E-state index is 12.1. The van der Waals surface area contributed by atoms with E-state index >= 15 is 0 Å². The van der Waals surface area contributed by atoms with Gasteiger partial charge in [-0.3, -0.25) is 9.78 Å². The normalized spacial score (nSPS) is 18.5. The lowest BCUT2D eigenvalue weighted by Crippen LogP contribution is -2.47. The number of hydrogen-bond acceptors (Lipinski definition) is 4. The summed E-state index contributed by atoms with van der Waals surface area (Å²) in [6.07, 6.45) is 7.78. The molecule has 1 saturated heterocycles. The van der Waals surface area contributed by atoms with Gasteiger partial charge in [0.15, 0.2) is 0 Å². The number of nitrogens with two attached hydrogens (primary N) is 1. The van der Waals surface area contributed by atoms with Crippen LogP contribution < -0.4 is 5.73 Å². The number of rotatable bonds is 2. The highest BCUT2D eigenvalue weighted by Crippen LogP contribution is 2.17. The maximum absolute atomic E-state index is 12.1. The molecule has 2 heterocycles. The second kappa shape index (κ2) is 8.24. The van der Waals surface area contributed by atoms with Gasteiger partial charge in [0.2, 0.25) is 0 Å². The van der Waals surface area contributed by atoms with Crippen LogP contribution in [0.4, 0.5) is 0 Å². The number of amides is 1. The summed E-state index contributed by atoms with van der Waals surface area (Å²) >= 11 is 0. The molecule has 1 fully saturated rings. The van der Waals surface area contributed by atoms with E-state index in [-0.39, 0.29) is 36.8 Å². The van der Waals surface area contributed by atoms with Crippen LogP contribution in [0.2, 0.25) is 0 Å². The molecule has 0 aliphatic carbocycles. The molecule has 1 aliphatic rings. The summed E-state index contributed by atoms with van der Waals surface area (Å²) in [7, 11) is 0. The summed E-state index contributed by atoms with van der Waals surface area (Å²) in [5.74, 6) is -0.0525. The zero-order valence-electron chi connectivity index (χ0n) is 9.99. The number of hydrogen-bond donors (Lipinski definition) is 1. The van der Waals surface area contributed by atoms with Crippen LogP contribution in [0, 0.1) is 0 Å². The van der Waals surface area contributed by atoms with E-state index in [1.54, 1.807) is 6.20 Å². The minimum Gasteiger partial charge on any atom is -0.333 e. The first-order chi connectivity index (χ1) is 7.83. The summed E-state index contributed by atoms with van der Waals surface area (Å²) in [4.78, 5) is 21.9. The highest BCUT2D eigenvalue weighted by Gasteiger charge is 2.26. The van der Waals surface area contributed by atoms with E-state index in [0.717, 1.165) is 25.8 Å². The van der Waals surface area contributed by atoms with Gasteiger partial charge in [-0.1, -0.05) is 0 Å². The minimum absolute atomic E-state index is 0. The molecule has 7 heteroatoms. The molecule has 2 N–H and O–H groups in total. The molecule has 0 spiro atoms. The van der Waals surface area contributed by atoms with E-state index in [0.29, 0.717) is 12.2 Å². The average Bonchev–Trinajstić information content (AvgIpc) is 2.39. The largest absolute Gasteiger partial charge is 0.333 e. The molecule has 1 aromatic rings. The molecule has 2 rings (SSSR count). The van der Waals surface area contributed by atoms with Crippen LogP contribution in [0.15, 0.2) is 18.6 Å². The third-order valence-corrected chi connectivity index (χ3v) is 2.94. The predicted octanol–water partition coefficient (Wildman–Crippen LogP) is 1.27. The Kier molecular flexibility index (Phi) is 7.82. The van der Waals surface area contributed by atoms with Crippen LogP contribution in [0.25, 0.3) is 0 Å². The van der Waals surface area contributed by atoms with Gasteiger partial charge < -0.3 is 10.6 Å². The number of carbonyl (C=O) groups is 1. The van der Waals surface area contributed by atoms with Gasteiger partial charge in [0.05, 0.1) is 6.20 Å². The van der Waals surface area contributed by atoms with Crippen molar-refractivity contribution in [1.29, 1.82) is 0 Å². The third-order valence-electron chi connectivity index (χ3n) is 2.94. The molecular weight excluding hydrogens is 275 g/mol. The van der Waals surface area contributed by atoms with Crippen LogP contribution in [0.3, 0.4) is 0 Å². The Morgan fingerprint density at radius 2 is 2.17 bits per heavy atom. The first kappa shape index (κ1) is 17.1. The van der Waals surface area contributed by atoms with E-state index in [4.69, 9.17) is 5.73 Å². The van der Waals surface area contributed by atoms with Crippen LogP contribution in [0.1, 0.15) is 29.8 Å². The molecule has 102 valence electrons. The smallest absolute Gasteiger partial charge is 0.274 e. The topological polar surface area (TPSA) is 72.1 Å². The number of halogens is 2. The minimum atomic E-state index is -0.0525. The molecule has 18 heavy (non-hydrogen) atoms. The van der Waals surface area contributed by atoms with E-state index in [9.17, 15) is 4.79 Å². The van der Waals surface area contributed by atoms with Gasteiger partial charge in [0, 0.05) is 31.5 Å². The molecule has 0 radical (unpaired) electrons. The standard InChI is InChI=1S/C11H16N4O.2ClH/c12-7-9-3-1-2-6-15(9)11(16)10-8-13-4-5-14-10;;/h4-5,8-9H,1-3,6-7,12H2;2*1H. The van der Waals surface area contributed by atoms with Crippen molar-refractivity contribution in [2.45, 2.75) is 25.3 Å². The molecule has 0 bridgehead atoms. The highest BCUT2D eigenvalue weighted by molar-refractivity contribution is 5.92. The van der Waals surface area contributed by atoms with Gasteiger partial charge in [-0.25, -0.2) is 4.98 Å². The van der Waals surface area contributed by atoms with Crippen molar-refractivity contribution in [3.8, 4) is 0 Å². The number of piperidine rings is 1. The lowest BCUT2D eigenvalue weighted by Gasteiger charge is -2.34. The number of nitrogens with zero attached hydrogens (tertiary/aromatic N) is 3. The van der Waals surface area contributed by atoms with E-state index in [2.05, 4.69) is 9.97 Å². The van der Waals surface area contributed by atoms with E-state index in [1.165, 1.54) is 12.4 Å². The molecule has 0 aromatic carbocycles. The van der Waals surface area contributed by atoms with E-state index in [1.807, 2.05) is 4.90 Å². The lowest BCUT2D eigenvalue weighted by molar-refractivity contribution is 0.0617. The Labute approximate surface area is 119 Å². The molecular formula is C11H18Cl2N4O. The molecule has 0 saturated carbocycles. The van der Waals surface area contributed by atoms with Crippen molar-refractivity contribution in [2.24, 2.45) is 5.73 Å². The molecule has 1 unspecified atom stereocenters. The Bertz CT molecular complexity index is 363. The fraction of sp³-hybridized carbons (Fsp3) is 0.545. The average molecular weight is 293 g/mol. The van der Waals surface area contributed by atoms with Crippen molar-refractivity contribution in [3.05, 3.63) is 24.3 Å². The van der Waals surface area contributed by atoms with Crippen LogP contribution in [0.5, 0.6) is 0 Å². The van der Waals surface area contributed by atoms with Crippen molar-refractivity contribution in [2.75, 3.05) is 13.1 Å². The quantitative estimate of drug-likeness (QED) is 0.891. The molecule has 5 nitrogen and oxygen atoms in total. The van der Waals surface area contributed by atoms with Gasteiger partial charge >= 0.3 is 0 Å². The molecule has 1 atom stereocenters. The zero-order valence-corrected chi connectivity index (χ0v) is 11.6. The third kappa shape index (κ3) is 3.80. The maximum Gasteiger partial charge on any atom is 0.274 e. The van der Waals surface area contributed by atoms with Crippen molar-refractivity contribution >= 4 is 30.7 Å². The first-order valence-electron chi connectivity index (χ1n) is 5.60. The van der Waals surface area contributed by atoms with Crippen molar-refractivity contribution in [3.63, 3.8) is 0 Å². The second-order valence-corrected chi connectivity index (χ2v) is 3.97. The molecule has 1 amide bonds. The summed E-state index contributed by atoms with van der Waals surface area (Å²) in [5, 5.41) is 0. The predicted molar refractivity (Wildman–Crippen MR) is 74.3 cm³/mol. The van der Waals surface area contributed by atoms with Gasteiger partial charge in [-0.2, -0.15) is 0 Å². The summed E-state index contributed by atoms with van der Waals surface area (Å²) in [6.45, 7) is 1.29. The van der Waals surface area contributed by atoms with Gasteiger partial charge in [0.25, 0.3) is 5.91 Å². The highest BCUT2D eigenvalue weighted by atomic mass is 35.5. The Morgan fingerprint density at radius 1 is 1.39 bits per heavy atom. The number of carbonyl (C=O) groups excluding carboxylic acids is 1. The van der Waals surface area contributed by atoms with Crippen molar-refractivity contribution in [1.82, 2.24) is 14.9 Å². The Balaban J connectivity index is 0.00000144. The zero-order chi connectivity index (χ0) is 11.4.